The topological polar surface area (TPSA) is 38.9 Å². The van der Waals surface area contributed by atoms with E-state index in [1.807, 2.05) is 30.3 Å². The Kier molecular flexibility index (Phi) is 8.82. The normalized spacial score (nSPS) is 15.9. The molecule has 1 aliphatic rings. The van der Waals surface area contributed by atoms with E-state index < -0.39 is 6.85 Å². The third-order valence-electron chi connectivity index (χ3n) is 12.1. The number of aromatic nitrogens is 2. The first-order valence-electron chi connectivity index (χ1n) is 19.7. The number of rotatable bonds is 3. The number of hydrogen-bond acceptors (Lipinski definition) is 3. The average Bonchev–Trinajstić information content (AvgIpc) is 3.58. The molecule has 271 valence electrons. The van der Waals surface area contributed by atoms with E-state index in [2.05, 4.69) is 144 Å². The maximum Gasteiger partial charge on any atom is 0.121 e. The molecule has 0 saturated carbocycles. The van der Waals surface area contributed by atoms with Crippen molar-refractivity contribution in [1.82, 2.24) is 9.97 Å². The van der Waals surface area contributed by atoms with E-state index in [1.54, 1.807) is 18.2 Å². The zero-order chi connectivity index (χ0) is 39.5. The van der Waals surface area contributed by atoms with Crippen LogP contribution in [0.4, 0.5) is 0 Å². The zero-order valence-corrected chi connectivity index (χ0v) is 33.8. The first-order chi connectivity index (χ1) is 26.7. The number of aryl methyl sites for hydroxylation is 1. The van der Waals surface area contributed by atoms with Crippen molar-refractivity contribution in [3.8, 4) is 44.8 Å². The fourth-order valence-electron chi connectivity index (χ4n) is 7.88. The van der Waals surface area contributed by atoms with Crippen LogP contribution in [0.1, 0.15) is 62.3 Å². The number of furan rings is 1. The maximum absolute atomic E-state index is 7.23. The third kappa shape index (κ3) is 6.22. The second-order valence-corrected chi connectivity index (χ2v) is 15.5. The number of fused-ring (bicyclic) bond motifs is 6. The van der Waals surface area contributed by atoms with Gasteiger partial charge in [0.05, 0.1) is 5.58 Å². The van der Waals surface area contributed by atoms with E-state index in [9.17, 15) is 0 Å². The Bertz CT molecular complexity index is 2700. The quantitative estimate of drug-likeness (QED) is 0.166. The summed E-state index contributed by atoms with van der Waals surface area (Å²) in [6.45, 7) is 12.2. The van der Waals surface area contributed by atoms with Crippen molar-refractivity contribution < 1.29 is 28.6 Å². The number of hydrogen-bond donors (Lipinski definition) is 0. The van der Waals surface area contributed by atoms with Gasteiger partial charge in [-0.15, -0.1) is 54.1 Å². The monoisotopic (exact) mass is 884 g/mol. The molecule has 9 rings (SSSR count). The van der Waals surface area contributed by atoms with Gasteiger partial charge in [-0.05, 0) is 79.5 Å². The SMILES string of the molecule is CC1(C)c2ccccc2-c2cc(-c3[c-]ccc4c3oc3cc(-c5ccccc5)ccc34)ncc2C(C)(C)C1(C)C.[2H]C([2H])([2H])c1ccc(-c2[c-]cccc2)nc1.[Ir]. The molecule has 5 aromatic carbocycles. The van der Waals surface area contributed by atoms with Gasteiger partial charge in [0, 0.05) is 42.0 Å². The van der Waals surface area contributed by atoms with Gasteiger partial charge in [-0.1, -0.05) is 137 Å². The molecule has 0 amide bonds. The molecular formula is C50H44IrN2O-2. The van der Waals surface area contributed by atoms with Crippen molar-refractivity contribution in [3.63, 3.8) is 0 Å². The van der Waals surface area contributed by atoms with Gasteiger partial charge in [0.25, 0.3) is 0 Å². The third-order valence-corrected chi connectivity index (χ3v) is 12.1. The van der Waals surface area contributed by atoms with Crippen LogP contribution in [0.2, 0.25) is 0 Å². The van der Waals surface area contributed by atoms with Crippen molar-refractivity contribution in [2.45, 2.75) is 59.2 Å². The Labute approximate surface area is 337 Å². The summed E-state index contributed by atoms with van der Waals surface area (Å²) in [6.07, 6.45) is 3.50. The van der Waals surface area contributed by atoms with E-state index >= 15 is 0 Å². The van der Waals surface area contributed by atoms with Crippen LogP contribution in [0.5, 0.6) is 0 Å². The summed E-state index contributed by atoms with van der Waals surface area (Å²) in [7, 11) is 0. The standard InChI is InChI=1S/C38H34NO.C12H10N.Ir/c1-36(2)31-18-11-10-15-26(31)30-22-33(39-23-32(30)37(3,4)38(36,5)6)29-17-12-16-28-27-20-19-25(21-34(27)40-35(28)29)24-13-8-7-9-14-24;1-10-7-8-12(13-9-10)11-5-3-2-4-6-11;/h7-16,18-23H,1-6H3;2-5,7-9H,1H3;/q2*-1;/i;1D3;. The van der Waals surface area contributed by atoms with Gasteiger partial charge in [0.15, 0.2) is 0 Å². The molecule has 0 atom stereocenters. The minimum absolute atomic E-state index is 0. The summed E-state index contributed by atoms with van der Waals surface area (Å²) in [6, 6.07) is 49.4. The Balaban J connectivity index is 0.000000246. The molecule has 54 heavy (non-hydrogen) atoms. The Hall–Kier alpha value is -5.15. The summed E-state index contributed by atoms with van der Waals surface area (Å²) < 4.78 is 28.3. The van der Waals surface area contributed by atoms with Crippen LogP contribution in [-0.2, 0) is 30.9 Å². The van der Waals surface area contributed by atoms with Gasteiger partial charge in [0.2, 0.25) is 0 Å². The number of pyridine rings is 2. The van der Waals surface area contributed by atoms with Crippen LogP contribution in [0, 0.1) is 24.4 Å². The van der Waals surface area contributed by atoms with Crippen molar-refractivity contribution in [1.29, 1.82) is 0 Å². The maximum atomic E-state index is 7.23. The molecule has 0 saturated heterocycles. The second kappa shape index (κ2) is 14.2. The first-order valence-corrected chi connectivity index (χ1v) is 18.2. The first kappa shape index (κ1) is 33.4. The van der Waals surface area contributed by atoms with Gasteiger partial charge in [-0.2, -0.15) is 0 Å². The van der Waals surface area contributed by atoms with Gasteiger partial charge in [-0.25, -0.2) is 0 Å². The van der Waals surface area contributed by atoms with Crippen LogP contribution < -0.4 is 0 Å². The molecule has 8 aromatic rings. The summed E-state index contributed by atoms with van der Waals surface area (Å²) >= 11 is 0. The predicted octanol–water partition coefficient (Wildman–Crippen LogP) is 13.2. The fraction of sp³-hybridized carbons (Fsp3) is 0.200. The van der Waals surface area contributed by atoms with E-state index in [4.69, 9.17) is 13.5 Å². The molecule has 1 aliphatic carbocycles. The molecular weight excluding hydrogens is 837 g/mol. The summed E-state index contributed by atoms with van der Waals surface area (Å²) in [5, 5.41) is 2.19. The molecule has 0 aliphatic heterocycles. The molecule has 0 spiro atoms. The Morgan fingerprint density at radius 3 is 2.07 bits per heavy atom. The molecule has 4 heteroatoms. The summed E-state index contributed by atoms with van der Waals surface area (Å²) in [5.74, 6) is 0. The summed E-state index contributed by atoms with van der Waals surface area (Å²) in [5.41, 5.74) is 12.7. The van der Waals surface area contributed by atoms with Crippen molar-refractivity contribution in [2.75, 3.05) is 0 Å². The van der Waals surface area contributed by atoms with Crippen LogP contribution in [-0.4, -0.2) is 9.97 Å². The van der Waals surface area contributed by atoms with Crippen molar-refractivity contribution >= 4 is 21.9 Å². The van der Waals surface area contributed by atoms with Crippen molar-refractivity contribution in [2.24, 2.45) is 5.41 Å². The number of nitrogens with zero attached hydrogens (tertiary/aromatic N) is 2. The van der Waals surface area contributed by atoms with Crippen LogP contribution in [0.25, 0.3) is 66.7 Å². The van der Waals surface area contributed by atoms with E-state index in [-0.39, 0.29) is 41.9 Å². The minimum Gasteiger partial charge on any atom is -0.501 e. The average molecular weight is 884 g/mol. The van der Waals surface area contributed by atoms with E-state index in [0.717, 1.165) is 50.0 Å². The Morgan fingerprint density at radius 1 is 0.593 bits per heavy atom. The molecule has 0 fully saturated rings. The fourth-order valence-corrected chi connectivity index (χ4v) is 7.88. The van der Waals surface area contributed by atoms with Crippen LogP contribution >= 0.6 is 0 Å². The van der Waals surface area contributed by atoms with E-state index in [1.165, 1.54) is 34.0 Å². The van der Waals surface area contributed by atoms with Gasteiger partial charge < -0.3 is 14.4 Å². The Morgan fingerprint density at radius 2 is 1.33 bits per heavy atom. The second-order valence-electron chi connectivity index (χ2n) is 15.5. The minimum atomic E-state index is -2.09. The molecule has 3 nitrogen and oxygen atoms in total. The van der Waals surface area contributed by atoms with Gasteiger partial charge >= 0.3 is 0 Å². The molecule has 3 heterocycles. The molecule has 1 radical (unpaired) electrons. The smallest absolute Gasteiger partial charge is 0.121 e. The molecule has 3 aromatic heterocycles. The van der Waals surface area contributed by atoms with Crippen molar-refractivity contribution in [3.05, 3.63) is 169 Å². The predicted molar refractivity (Wildman–Crippen MR) is 220 cm³/mol. The molecule has 0 unspecified atom stereocenters. The largest absolute Gasteiger partial charge is 0.501 e. The van der Waals surface area contributed by atoms with Crippen LogP contribution in [0.3, 0.4) is 0 Å². The molecule has 0 N–H and O–H groups in total. The van der Waals surface area contributed by atoms with Crippen LogP contribution in [0.15, 0.2) is 144 Å². The zero-order valence-electron chi connectivity index (χ0n) is 34.4. The number of benzene rings is 5. The van der Waals surface area contributed by atoms with Gasteiger partial charge in [0.1, 0.15) is 5.58 Å². The molecule has 0 bridgehead atoms. The summed E-state index contributed by atoms with van der Waals surface area (Å²) in [4.78, 5) is 9.20. The van der Waals surface area contributed by atoms with E-state index in [0.29, 0.717) is 0 Å². The van der Waals surface area contributed by atoms with Gasteiger partial charge in [-0.3, -0.25) is 0 Å².